The Hall–Kier alpha value is -0.220. The average molecular weight is 259 g/mol. The van der Waals surface area contributed by atoms with Crippen molar-refractivity contribution in [2.75, 3.05) is 13.2 Å². The van der Waals surface area contributed by atoms with Crippen LogP contribution in [0.1, 0.15) is 38.5 Å². The molecule has 0 aromatic heterocycles. The minimum atomic E-state index is -2.38. The summed E-state index contributed by atoms with van der Waals surface area (Å²) in [6, 6.07) is -0.0513. The number of hydrogen-bond acceptors (Lipinski definition) is 2. The fourth-order valence-electron chi connectivity index (χ4n) is 5.09. The van der Waals surface area contributed by atoms with Gasteiger partial charge in [0.25, 0.3) is 6.43 Å². The molecule has 4 aliphatic carbocycles. The number of alkyl halides is 2. The van der Waals surface area contributed by atoms with E-state index in [0.717, 1.165) is 17.8 Å². The molecule has 0 radical (unpaired) electrons. The smallest absolute Gasteiger partial charge is 0.261 e. The lowest BCUT2D eigenvalue weighted by Gasteiger charge is -2.58. The van der Waals surface area contributed by atoms with Gasteiger partial charge >= 0.3 is 0 Å². The third-order valence-electron chi connectivity index (χ3n) is 5.41. The summed E-state index contributed by atoms with van der Waals surface area (Å²) in [4.78, 5) is 0. The highest BCUT2D eigenvalue weighted by Crippen LogP contribution is 2.60. The molecule has 18 heavy (non-hydrogen) atoms. The maximum Gasteiger partial charge on any atom is 0.261 e. The molecule has 2 nitrogen and oxygen atoms in total. The van der Waals surface area contributed by atoms with E-state index in [9.17, 15) is 8.78 Å². The monoisotopic (exact) mass is 259 g/mol. The van der Waals surface area contributed by atoms with Crippen LogP contribution in [0.15, 0.2) is 0 Å². The van der Waals surface area contributed by atoms with Gasteiger partial charge in [-0.25, -0.2) is 8.78 Å². The standard InChI is InChI=1S/C14H23F2NO/c15-13(16)8-18-7-12(17)14-4-9-1-10(5-14)3-11(2-9)6-14/h9-13H,1-8,17H2. The predicted octanol–water partition coefficient (Wildman–Crippen LogP) is 2.81. The first-order chi connectivity index (χ1) is 8.57. The fraction of sp³-hybridized carbons (Fsp3) is 1.00. The Morgan fingerprint density at radius 3 is 1.94 bits per heavy atom. The Labute approximate surface area is 107 Å². The highest BCUT2D eigenvalue weighted by atomic mass is 19.3. The number of rotatable bonds is 5. The van der Waals surface area contributed by atoms with Crippen LogP contribution in [0.4, 0.5) is 8.78 Å². The largest absolute Gasteiger partial charge is 0.374 e. The molecule has 0 aliphatic heterocycles. The second kappa shape index (κ2) is 4.71. The zero-order valence-electron chi connectivity index (χ0n) is 10.8. The third-order valence-corrected chi connectivity index (χ3v) is 5.41. The van der Waals surface area contributed by atoms with Gasteiger partial charge in [-0.15, -0.1) is 0 Å². The highest BCUT2D eigenvalue weighted by Gasteiger charge is 2.53. The van der Waals surface area contributed by atoms with Crippen LogP contribution >= 0.6 is 0 Å². The first-order valence-corrected chi connectivity index (χ1v) is 7.19. The Balaban J connectivity index is 1.60. The van der Waals surface area contributed by atoms with Crippen LogP contribution in [0, 0.1) is 23.2 Å². The van der Waals surface area contributed by atoms with E-state index < -0.39 is 13.0 Å². The molecule has 1 unspecified atom stereocenters. The molecule has 4 rings (SSSR count). The number of hydrogen-bond donors (Lipinski definition) is 1. The zero-order chi connectivity index (χ0) is 12.8. The first kappa shape index (κ1) is 12.8. The lowest BCUT2D eigenvalue weighted by Crippen LogP contribution is -2.56. The van der Waals surface area contributed by atoms with Gasteiger partial charge in [0.15, 0.2) is 0 Å². The van der Waals surface area contributed by atoms with Crippen molar-refractivity contribution < 1.29 is 13.5 Å². The molecule has 4 heteroatoms. The molecule has 0 aromatic rings. The van der Waals surface area contributed by atoms with Crippen molar-refractivity contribution in [3.8, 4) is 0 Å². The van der Waals surface area contributed by atoms with Crippen LogP contribution in [0.25, 0.3) is 0 Å². The van der Waals surface area contributed by atoms with E-state index in [1.165, 1.54) is 38.5 Å². The molecule has 4 aliphatic rings. The molecule has 4 saturated carbocycles. The lowest BCUT2D eigenvalue weighted by molar-refractivity contribution is -0.0866. The van der Waals surface area contributed by atoms with E-state index in [1.807, 2.05) is 0 Å². The molecule has 0 aromatic carbocycles. The van der Waals surface area contributed by atoms with Crippen molar-refractivity contribution in [2.24, 2.45) is 28.9 Å². The Morgan fingerprint density at radius 2 is 1.50 bits per heavy atom. The van der Waals surface area contributed by atoms with Gasteiger partial charge in [-0.1, -0.05) is 0 Å². The second-order valence-corrected chi connectivity index (χ2v) is 6.81. The molecule has 0 spiro atoms. The maximum atomic E-state index is 12.1. The van der Waals surface area contributed by atoms with Crippen molar-refractivity contribution in [1.82, 2.24) is 0 Å². The lowest BCUT2D eigenvalue weighted by atomic mass is 9.48. The summed E-state index contributed by atoms with van der Waals surface area (Å²) in [5.41, 5.74) is 6.49. The van der Waals surface area contributed by atoms with Gasteiger partial charge in [0.2, 0.25) is 0 Å². The second-order valence-electron chi connectivity index (χ2n) is 6.81. The molecule has 0 saturated heterocycles. The maximum absolute atomic E-state index is 12.1. The first-order valence-electron chi connectivity index (χ1n) is 7.19. The van der Waals surface area contributed by atoms with Gasteiger partial charge in [0, 0.05) is 6.04 Å². The number of nitrogens with two attached hydrogens (primary N) is 1. The molecule has 0 amide bonds. The molecule has 104 valence electrons. The van der Waals surface area contributed by atoms with Crippen molar-refractivity contribution in [3.63, 3.8) is 0 Å². The van der Waals surface area contributed by atoms with Crippen molar-refractivity contribution in [3.05, 3.63) is 0 Å². The topological polar surface area (TPSA) is 35.2 Å². The van der Waals surface area contributed by atoms with Gasteiger partial charge in [-0.2, -0.15) is 0 Å². The summed E-state index contributed by atoms with van der Waals surface area (Å²) < 4.78 is 29.2. The van der Waals surface area contributed by atoms with Crippen molar-refractivity contribution in [2.45, 2.75) is 51.0 Å². The molecule has 4 bridgehead atoms. The van der Waals surface area contributed by atoms with Crippen LogP contribution in [-0.4, -0.2) is 25.7 Å². The molecular weight excluding hydrogens is 236 g/mol. The zero-order valence-corrected chi connectivity index (χ0v) is 10.8. The van der Waals surface area contributed by atoms with E-state index in [0.29, 0.717) is 6.61 Å². The quantitative estimate of drug-likeness (QED) is 0.824. The number of halogens is 2. The SMILES string of the molecule is NC(COCC(F)F)C12CC3CC(CC(C3)C1)C2. The van der Waals surface area contributed by atoms with Gasteiger partial charge in [0.05, 0.1) is 6.61 Å². The van der Waals surface area contributed by atoms with Crippen LogP contribution in [-0.2, 0) is 4.74 Å². The summed E-state index contributed by atoms with van der Waals surface area (Å²) in [5, 5.41) is 0. The minimum Gasteiger partial charge on any atom is -0.374 e. The van der Waals surface area contributed by atoms with Gasteiger partial charge in [-0.05, 0) is 61.7 Å². The third kappa shape index (κ3) is 2.29. The molecular formula is C14H23F2NO. The predicted molar refractivity (Wildman–Crippen MR) is 65.4 cm³/mol. The van der Waals surface area contributed by atoms with Crippen LogP contribution in [0.3, 0.4) is 0 Å². The molecule has 2 N–H and O–H groups in total. The molecule has 4 fully saturated rings. The van der Waals surface area contributed by atoms with E-state index in [-0.39, 0.29) is 11.5 Å². The van der Waals surface area contributed by atoms with Crippen molar-refractivity contribution >= 4 is 0 Å². The summed E-state index contributed by atoms with van der Waals surface area (Å²) in [6.45, 7) is -0.170. The Bertz CT molecular complexity index is 273. The van der Waals surface area contributed by atoms with Crippen LogP contribution < -0.4 is 5.73 Å². The highest BCUT2D eigenvalue weighted by molar-refractivity contribution is 5.05. The fourth-order valence-corrected chi connectivity index (χ4v) is 5.09. The van der Waals surface area contributed by atoms with E-state index in [1.54, 1.807) is 0 Å². The van der Waals surface area contributed by atoms with E-state index in [4.69, 9.17) is 10.5 Å². The van der Waals surface area contributed by atoms with E-state index in [2.05, 4.69) is 0 Å². The Kier molecular flexibility index (Phi) is 3.35. The normalized spacial score (nSPS) is 43.7. The van der Waals surface area contributed by atoms with Gasteiger partial charge < -0.3 is 10.5 Å². The summed E-state index contributed by atoms with van der Waals surface area (Å²) in [6.07, 6.45) is 5.38. The summed E-state index contributed by atoms with van der Waals surface area (Å²) in [7, 11) is 0. The molecule has 1 atom stereocenters. The summed E-state index contributed by atoms with van der Waals surface area (Å²) >= 11 is 0. The van der Waals surface area contributed by atoms with E-state index >= 15 is 0 Å². The van der Waals surface area contributed by atoms with Crippen molar-refractivity contribution in [1.29, 1.82) is 0 Å². The minimum absolute atomic E-state index is 0.0513. The Morgan fingerprint density at radius 1 is 1.00 bits per heavy atom. The van der Waals surface area contributed by atoms with Gasteiger partial charge in [-0.3, -0.25) is 0 Å². The summed E-state index contributed by atoms with van der Waals surface area (Å²) in [5.74, 6) is 2.53. The molecule has 0 heterocycles. The average Bonchev–Trinajstić information content (AvgIpc) is 2.26. The van der Waals surface area contributed by atoms with Crippen LogP contribution in [0.5, 0.6) is 0 Å². The van der Waals surface area contributed by atoms with Gasteiger partial charge in [0.1, 0.15) is 6.61 Å². The van der Waals surface area contributed by atoms with Crippen LogP contribution in [0.2, 0.25) is 0 Å². The number of ether oxygens (including phenoxy) is 1.